The minimum Gasteiger partial charge on any atom is -0.478 e. The van der Waals surface area contributed by atoms with Gasteiger partial charge >= 0.3 is 16.3 Å². The highest BCUT2D eigenvalue weighted by molar-refractivity contribution is 7.84. The highest BCUT2D eigenvalue weighted by Crippen LogP contribution is 2.33. The molecule has 0 bridgehead atoms. The van der Waals surface area contributed by atoms with Gasteiger partial charge in [0, 0.05) is 11.8 Å². The minimum absolute atomic E-state index is 0.00663. The van der Waals surface area contributed by atoms with Crippen molar-refractivity contribution in [2.24, 2.45) is 21.8 Å². The van der Waals surface area contributed by atoms with Gasteiger partial charge in [-0.05, 0) is 19.1 Å². The van der Waals surface area contributed by atoms with Gasteiger partial charge in [0.05, 0.1) is 24.8 Å². The van der Waals surface area contributed by atoms with Crippen molar-refractivity contribution in [3.63, 3.8) is 0 Å². The predicted molar refractivity (Wildman–Crippen MR) is 125 cm³/mol. The summed E-state index contributed by atoms with van der Waals surface area (Å²) < 4.78 is 33.3. The Morgan fingerprint density at radius 3 is 2.65 bits per heavy atom. The van der Waals surface area contributed by atoms with Crippen molar-refractivity contribution < 1.29 is 37.3 Å². The van der Waals surface area contributed by atoms with E-state index in [-0.39, 0.29) is 34.0 Å². The van der Waals surface area contributed by atoms with Crippen LogP contribution < -0.4 is 11.5 Å². The monoisotopic (exact) mass is 558 g/mol. The van der Waals surface area contributed by atoms with Crippen LogP contribution in [-0.4, -0.2) is 88.9 Å². The van der Waals surface area contributed by atoms with Gasteiger partial charge in [-0.2, -0.15) is 13.2 Å². The summed E-state index contributed by atoms with van der Waals surface area (Å²) in [5, 5.41) is 25.8. The maximum atomic E-state index is 13.2. The van der Waals surface area contributed by atoms with Gasteiger partial charge in [0.25, 0.3) is 0 Å². The van der Waals surface area contributed by atoms with E-state index in [0.29, 0.717) is 0 Å². The number of aliphatic carboxylic acids is 1. The lowest BCUT2D eigenvalue weighted by atomic mass is 9.84. The van der Waals surface area contributed by atoms with E-state index >= 15 is 0 Å². The van der Waals surface area contributed by atoms with Crippen molar-refractivity contribution in [3.05, 3.63) is 16.9 Å². The van der Waals surface area contributed by atoms with Gasteiger partial charge in [-0.3, -0.25) is 19.1 Å². The number of oxime groups is 1. The zero-order valence-electron chi connectivity index (χ0n) is 19.3. The molecule has 2 atom stereocenters. The summed E-state index contributed by atoms with van der Waals surface area (Å²) in [6, 6.07) is -1.26. The summed E-state index contributed by atoms with van der Waals surface area (Å²) in [4.78, 5) is 50.8. The number of aliphatic imine (C=N–C) groups is 1. The molecular weight excluding hydrogens is 536 g/mol. The van der Waals surface area contributed by atoms with Crippen LogP contribution in [0.4, 0.5) is 5.13 Å². The molecule has 0 unspecified atom stereocenters. The first-order valence-electron chi connectivity index (χ1n) is 10.3. The van der Waals surface area contributed by atoms with Gasteiger partial charge in [0.1, 0.15) is 12.2 Å². The molecule has 37 heavy (non-hydrogen) atoms. The van der Waals surface area contributed by atoms with Crippen molar-refractivity contribution in [2.75, 3.05) is 5.73 Å². The Hall–Kier alpha value is -4.04. The Morgan fingerprint density at radius 1 is 1.38 bits per heavy atom. The van der Waals surface area contributed by atoms with Crippen molar-refractivity contribution in [1.29, 1.82) is 0 Å². The molecule has 1 saturated heterocycles. The van der Waals surface area contributed by atoms with Crippen LogP contribution in [0.15, 0.2) is 15.5 Å². The van der Waals surface area contributed by atoms with Crippen LogP contribution in [0, 0.1) is 5.92 Å². The summed E-state index contributed by atoms with van der Waals surface area (Å²) in [7, 11) is -4.97. The second-order valence-electron chi connectivity index (χ2n) is 8.08. The third-order valence-electron chi connectivity index (χ3n) is 5.05. The van der Waals surface area contributed by atoms with Gasteiger partial charge in [0.15, 0.2) is 22.5 Å². The van der Waals surface area contributed by atoms with Gasteiger partial charge in [-0.25, -0.2) is 14.1 Å². The molecule has 1 aliphatic rings. The van der Waals surface area contributed by atoms with Crippen LogP contribution in [0.2, 0.25) is 0 Å². The van der Waals surface area contributed by atoms with E-state index < -0.39 is 57.7 Å². The number of Topliss-reactive ketones (excluding diaryl/α,β-unsaturated/α-hetero) is 1. The van der Waals surface area contributed by atoms with Gasteiger partial charge in [-0.1, -0.05) is 5.16 Å². The number of carboxylic acid groups (broad SMARTS) is 1. The lowest BCUT2D eigenvalue weighted by Gasteiger charge is -2.43. The zero-order chi connectivity index (χ0) is 27.5. The van der Waals surface area contributed by atoms with Gasteiger partial charge in [0.2, 0.25) is 11.5 Å². The summed E-state index contributed by atoms with van der Waals surface area (Å²) in [6.45, 7) is 2.04. The SMILES string of the molecule is CC(C)(O/N=C(\C(=O)C[C@@H]1C(=O)N(S(=O)(=O)O)[C@@H]1Cn1nnc(CN=CN)n1)c1csc(N)n1)C(=O)O. The first kappa shape index (κ1) is 27.5. The number of nitrogens with zero attached hydrogens (tertiary/aromatic N) is 8. The predicted octanol–water partition coefficient (Wildman–Crippen LogP) is -1.93. The molecule has 6 N–H and O–H groups in total. The highest BCUT2D eigenvalue weighted by Gasteiger charge is 2.54. The lowest BCUT2D eigenvalue weighted by Crippen LogP contribution is -2.64. The number of carbonyl (C=O) groups is 3. The molecule has 1 amide bonds. The zero-order valence-corrected chi connectivity index (χ0v) is 21.0. The fourth-order valence-electron chi connectivity index (χ4n) is 3.13. The smallest absolute Gasteiger partial charge is 0.362 e. The average molecular weight is 559 g/mol. The van der Waals surface area contributed by atoms with E-state index in [4.69, 9.17) is 16.3 Å². The van der Waals surface area contributed by atoms with Crippen molar-refractivity contribution in [2.45, 2.75) is 45.0 Å². The molecule has 0 spiro atoms. The Morgan fingerprint density at radius 2 is 2.08 bits per heavy atom. The largest absolute Gasteiger partial charge is 0.478 e. The fraction of sp³-hybridized carbons (Fsp3) is 0.471. The standard InChI is InChI=1S/C17H22N10O8S2/c1-17(2,15(30)31)35-24-13(9-6-36-16(19)21-9)11(28)3-8-10(27(14(8)29)37(32,33)34)5-26-23-12(22-25-26)4-20-7-18/h6-8,10H,3-5H2,1-2H3,(H2,18,20)(H2,19,21)(H,30,31)(H,32,33,34)/b24-13-/t8-,10+/m0/s1. The van der Waals surface area contributed by atoms with Crippen LogP contribution >= 0.6 is 11.3 Å². The van der Waals surface area contributed by atoms with E-state index in [2.05, 4.69) is 30.5 Å². The molecule has 20 heteroatoms. The number of nitrogens with two attached hydrogens (primary N) is 2. The minimum atomic E-state index is -4.97. The molecule has 18 nitrogen and oxygen atoms in total. The van der Waals surface area contributed by atoms with Crippen LogP contribution in [-0.2, 0) is 42.6 Å². The number of nitrogen functional groups attached to an aromatic ring is 1. The molecule has 0 aromatic carbocycles. The van der Waals surface area contributed by atoms with Gasteiger partial charge < -0.3 is 21.4 Å². The molecule has 1 fully saturated rings. The Bertz CT molecular complexity index is 1370. The number of anilines is 1. The molecule has 2 aromatic heterocycles. The van der Waals surface area contributed by atoms with Crippen LogP contribution in [0.5, 0.6) is 0 Å². The van der Waals surface area contributed by atoms with Crippen molar-refractivity contribution >= 4 is 56.5 Å². The number of amides is 1. The number of hydrogen-bond acceptors (Lipinski definition) is 14. The Balaban J connectivity index is 1.87. The maximum Gasteiger partial charge on any atom is 0.362 e. The number of hydrogen-bond donors (Lipinski definition) is 4. The molecule has 3 heterocycles. The number of ketones is 1. The van der Waals surface area contributed by atoms with Gasteiger partial charge in [-0.15, -0.1) is 21.5 Å². The lowest BCUT2D eigenvalue weighted by molar-refractivity contribution is -0.161. The van der Waals surface area contributed by atoms with E-state index in [1.807, 2.05) is 0 Å². The number of thiazole rings is 1. The topological polar surface area (TPSA) is 272 Å². The van der Waals surface area contributed by atoms with Crippen LogP contribution in [0.1, 0.15) is 31.8 Å². The molecule has 1 aliphatic heterocycles. The second kappa shape index (κ2) is 10.5. The molecule has 3 rings (SSSR count). The summed E-state index contributed by atoms with van der Waals surface area (Å²) >= 11 is 0.973. The molecule has 200 valence electrons. The summed E-state index contributed by atoms with van der Waals surface area (Å²) in [5.74, 6) is -4.35. The van der Waals surface area contributed by atoms with E-state index in [1.54, 1.807) is 0 Å². The normalized spacial score (nSPS) is 18.7. The summed E-state index contributed by atoms with van der Waals surface area (Å²) in [6.07, 6.45) is 0.436. The van der Waals surface area contributed by atoms with Crippen LogP contribution in [0.3, 0.4) is 0 Å². The highest BCUT2D eigenvalue weighted by atomic mass is 32.2. The van der Waals surface area contributed by atoms with E-state index in [0.717, 1.165) is 22.5 Å². The molecule has 0 radical (unpaired) electrons. The van der Waals surface area contributed by atoms with Crippen molar-refractivity contribution in [1.82, 2.24) is 29.5 Å². The summed E-state index contributed by atoms with van der Waals surface area (Å²) in [5.41, 5.74) is 8.51. The number of rotatable bonds is 12. The van der Waals surface area contributed by atoms with Crippen LogP contribution in [0.25, 0.3) is 0 Å². The number of β-lactam (4-membered cyclic amide) rings is 1. The van der Waals surface area contributed by atoms with Crippen molar-refractivity contribution in [3.8, 4) is 0 Å². The number of aromatic nitrogens is 5. The Labute approximate surface area is 212 Å². The third-order valence-corrected chi connectivity index (χ3v) is 6.67. The third kappa shape index (κ3) is 6.21. The molecule has 0 aliphatic carbocycles. The molecule has 2 aromatic rings. The average Bonchev–Trinajstić information content (AvgIpc) is 3.43. The quantitative estimate of drug-likeness (QED) is 0.0726. The number of carbonyl (C=O) groups excluding carboxylic acids is 2. The van der Waals surface area contributed by atoms with E-state index in [1.165, 1.54) is 19.2 Å². The molecular formula is C17H22N10O8S2. The number of carboxylic acids is 1. The maximum absolute atomic E-state index is 13.2. The first-order valence-corrected chi connectivity index (χ1v) is 12.5. The Kier molecular flexibility index (Phi) is 7.83. The fourth-order valence-corrected chi connectivity index (χ4v) is 4.60. The van der Waals surface area contributed by atoms with E-state index in [9.17, 15) is 32.5 Å². The molecule has 0 saturated carbocycles. The first-order chi connectivity index (χ1) is 17.2. The number of tetrazole rings is 1. The second-order valence-corrected chi connectivity index (χ2v) is 10.3.